The monoisotopic (exact) mass is 325 g/mol. The summed E-state index contributed by atoms with van der Waals surface area (Å²) in [6.45, 7) is 4.93. The fourth-order valence-electron chi connectivity index (χ4n) is 2.84. The predicted molar refractivity (Wildman–Crippen MR) is 95.9 cm³/mol. The van der Waals surface area contributed by atoms with E-state index in [0.29, 0.717) is 0 Å². The molecular weight excluding hydrogens is 302 g/mol. The number of hydrogen-bond donors (Lipinski definition) is 2. The zero-order valence-corrected chi connectivity index (χ0v) is 13.7. The number of anilines is 2. The minimum absolute atomic E-state index is 0.00228. The summed E-state index contributed by atoms with van der Waals surface area (Å²) < 4.78 is 0. The molecule has 0 saturated carbocycles. The van der Waals surface area contributed by atoms with Crippen molar-refractivity contribution in [2.45, 2.75) is 6.54 Å². The Bertz CT molecular complexity index is 651. The number of aromatic nitrogens is 1. The molecule has 3 N–H and O–H groups in total. The van der Waals surface area contributed by atoms with E-state index in [9.17, 15) is 4.79 Å². The molecule has 0 atom stereocenters. The summed E-state index contributed by atoms with van der Waals surface area (Å²) in [5, 5.41) is 2.76. The number of rotatable bonds is 5. The molecule has 0 unspecified atom stereocenters. The van der Waals surface area contributed by atoms with Crippen LogP contribution in [-0.2, 0) is 11.3 Å². The highest BCUT2D eigenvalue weighted by Gasteiger charge is 2.17. The SMILES string of the molecule is NCC(=O)Nc1ccc(CN2CCN(c3ccccn3)CC2)cc1. The number of piperazine rings is 1. The number of nitrogens with zero attached hydrogens (tertiary/aromatic N) is 3. The molecule has 0 bridgehead atoms. The highest BCUT2D eigenvalue weighted by atomic mass is 16.1. The van der Waals surface area contributed by atoms with Gasteiger partial charge in [0.2, 0.25) is 5.91 Å². The number of carbonyl (C=O) groups excluding carboxylic acids is 1. The summed E-state index contributed by atoms with van der Waals surface area (Å²) in [4.78, 5) is 20.5. The van der Waals surface area contributed by atoms with Crippen LogP contribution in [0.1, 0.15) is 5.56 Å². The number of nitrogens with one attached hydrogen (secondary N) is 1. The lowest BCUT2D eigenvalue weighted by Gasteiger charge is -2.35. The lowest BCUT2D eigenvalue weighted by Crippen LogP contribution is -2.46. The molecule has 24 heavy (non-hydrogen) atoms. The van der Waals surface area contributed by atoms with E-state index in [0.717, 1.165) is 44.2 Å². The second-order valence-electron chi connectivity index (χ2n) is 5.90. The van der Waals surface area contributed by atoms with E-state index < -0.39 is 0 Å². The largest absolute Gasteiger partial charge is 0.354 e. The van der Waals surface area contributed by atoms with Crippen molar-refractivity contribution < 1.29 is 4.79 Å². The minimum atomic E-state index is -0.173. The molecule has 0 radical (unpaired) electrons. The van der Waals surface area contributed by atoms with Crippen molar-refractivity contribution in [2.24, 2.45) is 5.73 Å². The van der Waals surface area contributed by atoms with E-state index in [-0.39, 0.29) is 12.5 Å². The maximum Gasteiger partial charge on any atom is 0.238 e. The van der Waals surface area contributed by atoms with Crippen molar-refractivity contribution in [3.8, 4) is 0 Å². The Morgan fingerprint density at radius 3 is 2.46 bits per heavy atom. The van der Waals surface area contributed by atoms with Crippen LogP contribution in [0.2, 0.25) is 0 Å². The van der Waals surface area contributed by atoms with Gasteiger partial charge in [0.1, 0.15) is 5.82 Å². The number of pyridine rings is 1. The molecule has 2 heterocycles. The van der Waals surface area contributed by atoms with Crippen LogP contribution in [0.3, 0.4) is 0 Å². The van der Waals surface area contributed by atoms with Crippen molar-refractivity contribution in [2.75, 3.05) is 42.9 Å². The molecule has 1 amide bonds. The van der Waals surface area contributed by atoms with Crippen molar-refractivity contribution in [3.63, 3.8) is 0 Å². The average molecular weight is 325 g/mol. The molecule has 1 aliphatic rings. The molecule has 0 spiro atoms. The van der Waals surface area contributed by atoms with Gasteiger partial charge in [-0.25, -0.2) is 4.98 Å². The van der Waals surface area contributed by atoms with E-state index in [1.54, 1.807) is 0 Å². The zero-order valence-electron chi connectivity index (χ0n) is 13.7. The standard InChI is InChI=1S/C18H23N5O/c19-13-18(24)21-16-6-4-15(5-7-16)14-22-9-11-23(12-10-22)17-3-1-2-8-20-17/h1-8H,9-14,19H2,(H,21,24). The maximum absolute atomic E-state index is 11.3. The molecular formula is C18H23N5O. The summed E-state index contributed by atoms with van der Waals surface area (Å²) >= 11 is 0. The highest BCUT2D eigenvalue weighted by molar-refractivity contribution is 5.92. The molecule has 1 fully saturated rings. The van der Waals surface area contributed by atoms with Crippen LogP contribution in [0.5, 0.6) is 0 Å². The molecule has 6 nitrogen and oxygen atoms in total. The fraction of sp³-hybridized carbons (Fsp3) is 0.333. The number of benzene rings is 1. The van der Waals surface area contributed by atoms with Crippen LogP contribution in [0.15, 0.2) is 48.7 Å². The molecule has 0 aliphatic carbocycles. The van der Waals surface area contributed by atoms with Crippen LogP contribution in [-0.4, -0.2) is 48.5 Å². The van der Waals surface area contributed by atoms with Crippen molar-refractivity contribution in [3.05, 3.63) is 54.2 Å². The van der Waals surface area contributed by atoms with Gasteiger partial charge < -0.3 is 16.0 Å². The van der Waals surface area contributed by atoms with Crippen molar-refractivity contribution >= 4 is 17.4 Å². The summed E-state index contributed by atoms with van der Waals surface area (Å²) in [5.41, 5.74) is 7.33. The van der Waals surface area contributed by atoms with Gasteiger partial charge in [-0.2, -0.15) is 0 Å². The van der Waals surface area contributed by atoms with Crippen LogP contribution >= 0.6 is 0 Å². The van der Waals surface area contributed by atoms with Gasteiger partial charge in [-0.3, -0.25) is 9.69 Å². The van der Waals surface area contributed by atoms with Gasteiger partial charge in [0.05, 0.1) is 6.54 Å². The second-order valence-corrected chi connectivity index (χ2v) is 5.90. The smallest absolute Gasteiger partial charge is 0.238 e. The molecule has 1 aromatic heterocycles. The third-order valence-corrected chi connectivity index (χ3v) is 4.17. The van der Waals surface area contributed by atoms with Crippen LogP contribution < -0.4 is 16.0 Å². The van der Waals surface area contributed by atoms with Crippen LogP contribution in [0.25, 0.3) is 0 Å². The molecule has 6 heteroatoms. The average Bonchev–Trinajstić information content (AvgIpc) is 2.64. The van der Waals surface area contributed by atoms with E-state index >= 15 is 0 Å². The molecule has 1 saturated heterocycles. The van der Waals surface area contributed by atoms with E-state index in [4.69, 9.17) is 5.73 Å². The lowest BCUT2D eigenvalue weighted by molar-refractivity contribution is -0.114. The summed E-state index contributed by atoms with van der Waals surface area (Å²) in [7, 11) is 0. The third-order valence-electron chi connectivity index (χ3n) is 4.17. The first kappa shape index (κ1) is 16.4. The lowest BCUT2D eigenvalue weighted by atomic mass is 10.1. The summed E-state index contributed by atoms with van der Waals surface area (Å²) in [6, 6.07) is 14.0. The van der Waals surface area contributed by atoms with Gasteiger partial charge in [0.25, 0.3) is 0 Å². The first-order valence-corrected chi connectivity index (χ1v) is 8.22. The number of amides is 1. The maximum atomic E-state index is 11.3. The Labute approximate surface area is 142 Å². The zero-order chi connectivity index (χ0) is 16.8. The Morgan fingerprint density at radius 2 is 1.83 bits per heavy atom. The molecule has 126 valence electrons. The Kier molecular flexibility index (Phi) is 5.40. The normalized spacial score (nSPS) is 15.3. The quantitative estimate of drug-likeness (QED) is 0.867. The number of hydrogen-bond acceptors (Lipinski definition) is 5. The number of carbonyl (C=O) groups is 1. The summed E-state index contributed by atoms with van der Waals surface area (Å²) in [5.74, 6) is 0.880. The van der Waals surface area contributed by atoms with Gasteiger partial charge in [-0.15, -0.1) is 0 Å². The van der Waals surface area contributed by atoms with E-state index in [1.807, 2.05) is 30.5 Å². The first-order chi connectivity index (χ1) is 11.7. The Balaban J connectivity index is 1.50. The van der Waals surface area contributed by atoms with Gasteiger partial charge in [-0.1, -0.05) is 18.2 Å². The third kappa shape index (κ3) is 4.31. The van der Waals surface area contributed by atoms with Gasteiger partial charge in [-0.05, 0) is 29.8 Å². The fourth-order valence-corrected chi connectivity index (χ4v) is 2.84. The molecule has 3 rings (SSSR count). The molecule has 1 aromatic carbocycles. The number of nitrogens with two attached hydrogens (primary N) is 1. The van der Waals surface area contributed by atoms with E-state index in [1.165, 1.54) is 5.56 Å². The Morgan fingerprint density at radius 1 is 1.08 bits per heavy atom. The van der Waals surface area contributed by atoms with Crippen LogP contribution in [0, 0.1) is 0 Å². The highest BCUT2D eigenvalue weighted by Crippen LogP contribution is 2.15. The van der Waals surface area contributed by atoms with Crippen molar-refractivity contribution in [1.29, 1.82) is 0 Å². The first-order valence-electron chi connectivity index (χ1n) is 8.22. The van der Waals surface area contributed by atoms with Crippen molar-refractivity contribution in [1.82, 2.24) is 9.88 Å². The molecule has 2 aromatic rings. The topological polar surface area (TPSA) is 74.5 Å². The second kappa shape index (κ2) is 7.90. The molecule has 1 aliphatic heterocycles. The van der Waals surface area contributed by atoms with Crippen LogP contribution in [0.4, 0.5) is 11.5 Å². The van der Waals surface area contributed by atoms with E-state index in [2.05, 4.69) is 38.3 Å². The van der Waals surface area contributed by atoms with Gasteiger partial charge >= 0.3 is 0 Å². The van der Waals surface area contributed by atoms with Gasteiger partial charge in [0, 0.05) is 44.6 Å². The Hall–Kier alpha value is -2.44. The minimum Gasteiger partial charge on any atom is -0.354 e. The van der Waals surface area contributed by atoms with Gasteiger partial charge in [0.15, 0.2) is 0 Å². The summed E-state index contributed by atoms with van der Waals surface area (Å²) in [6.07, 6.45) is 1.84. The predicted octanol–water partition coefficient (Wildman–Crippen LogP) is 1.30.